The molecule has 14 heavy (non-hydrogen) atoms. The lowest BCUT2D eigenvalue weighted by Crippen LogP contribution is -2.38. The highest BCUT2D eigenvalue weighted by molar-refractivity contribution is 5.69. The van der Waals surface area contributed by atoms with Crippen LogP contribution in [0.25, 0.3) is 0 Å². The van der Waals surface area contributed by atoms with Crippen molar-refractivity contribution in [1.82, 2.24) is 4.90 Å². The van der Waals surface area contributed by atoms with E-state index in [4.69, 9.17) is 0 Å². The van der Waals surface area contributed by atoms with Gasteiger partial charge in [0.1, 0.15) is 0 Å². The first kappa shape index (κ1) is 11.5. The molecule has 0 radical (unpaired) electrons. The molecule has 82 valence electrons. The molecular formula is C11H21NO2. The minimum Gasteiger partial charge on any atom is -0.469 e. The van der Waals surface area contributed by atoms with Crippen molar-refractivity contribution in [3.8, 4) is 0 Å². The van der Waals surface area contributed by atoms with E-state index in [2.05, 4.69) is 16.6 Å². The maximum atomic E-state index is 10.9. The van der Waals surface area contributed by atoms with Crippen LogP contribution >= 0.6 is 0 Å². The van der Waals surface area contributed by atoms with Gasteiger partial charge in [-0.2, -0.15) is 0 Å². The Morgan fingerprint density at radius 2 is 2.29 bits per heavy atom. The third-order valence-corrected chi connectivity index (χ3v) is 2.99. The predicted molar refractivity (Wildman–Crippen MR) is 56.1 cm³/mol. The summed E-state index contributed by atoms with van der Waals surface area (Å²) in [6.45, 7) is 4.51. The van der Waals surface area contributed by atoms with Crippen molar-refractivity contribution < 1.29 is 9.53 Å². The number of likely N-dealkylation sites (tertiary alicyclic amines) is 1. The van der Waals surface area contributed by atoms with Gasteiger partial charge in [-0.05, 0) is 39.3 Å². The maximum Gasteiger partial charge on any atom is 0.305 e. The van der Waals surface area contributed by atoms with Gasteiger partial charge in [-0.1, -0.05) is 6.42 Å². The lowest BCUT2D eigenvalue weighted by atomic mass is 10.0. The summed E-state index contributed by atoms with van der Waals surface area (Å²) in [7, 11) is 1.45. The van der Waals surface area contributed by atoms with Gasteiger partial charge in [0.05, 0.1) is 7.11 Å². The molecule has 1 saturated heterocycles. The Morgan fingerprint density at radius 3 is 2.93 bits per heavy atom. The number of nitrogens with zero attached hydrogens (tertiary/aromatic N) is 1. The van der Waals surface area contributed by atoms with Gasteiger partial charge in [-0.25, -0.2) is 0 Å². The van der Waals surface area contributed by atoms with Gasteiger partial charge in [0, 0.05) is 12.5 Å². The van der Waals surface area contributed by atoms with Crippen LogP contribution in [-0.4, -0.2) is 37.1 Å². The average Bonchev–Trinajstić information content (AvgIpc) is 2.20. The fourth-order valence-corrected chi connectivity index (χ4v) is 2.02. The van der Waals surface area contributed by atoms with E-state index < -0.39 is 0 Å². The van der Waals surface area contributed by atoms with Gasteiger partial charge in [-0.3, -0.25) is 4.79 Å². The van der Waals surface area contributed by atoms with Crippen molar-refractivity contribution >= 4 is 5.97 Å². The second-order valence-electron chi connectivity index (χ2n) is 4.06. The molecule has 0 amide bonds. The highest BCUT2D eigenvalue weighted by atomic mass is 16.5. The van der Waals surface area contributed by atoms with Gasteiger partial charge in [-0.15, -0.1) is 0 Å². The van der Waals surface area contributed by atoms with E-state index in [0.29, 0.717) is 12.5 Å². The van der Waals surface area contributed by atoms with Crippen LogP contribution in [0.4, 0.5) is 0 Å². The molecule has 1 aliphatic rings. The Balaban J connectivity index is 2.13. The van der Waals surface area contributed by atoms with Crippen LogP contribution < -0.4 is 0 Å². The summed E-state index contributed by atoms with van der Waals surface area (Å²) < 4.78 is 4.61. The molecular weight excluding hydrogens is 178 g/mol. The summed E-state index contributed by atoms with van der Waals surface area (Å²) in [4.78, 5) is 13.4. The Kier molecular flexibility index (Phi) is 4.94. The standard InChI is InChI=1S/C11H21NO2/c1-10-6-3-4-8-12(10)9-5-7-11(13)14-2/h10H,3-9H2,1-2H3/t10-/m0/s1. The number of esters is 1. The zero-order valence-corrected chi connectivity index (χ0v) is 9.29. The molecule has 3 nitrogen and oxygen atoms in total. The molecule has 1 fully saturated rings. The van der Waals surface area contributed by atoms with E-state index in [1.807, 2.05) is 0 Å². The topological polar surface area (TPSA) is 29.5 Å². The molecule has 0 unspecified atom stereocenters. The lowest BCUT2D eigenvalue weighted by molar-refractivity contribution is -0.140. The van der Waals surface area contributed by atoms with Gasteiger partial charge in [0.25, 0.3) is 0 Å². The number of hydrogen-bond donors (Lipinski definition) is 0. The van der Waals surface area contributed by atoms with Crippen LogP contribution in [0, 0.1) is 0 Å². The van der Waals surface area contributed by atoms with Crippen LogP contribution in [0.2, 0.25) is 0 Å². The van der Waals surface area contributed by atoms with Crippen LogP contribution in [0.3, 0.4) is 0 Å². The van der Waals surface area contributed by atoms with Crippen LogP contribution in [0.1, 0.15) is 39.0 Å². The fraction of sp³-hybridized carbons (Fsp3) is 0.909. The molecule has 0 spiro atoms. The highest BCUT2D eigenvalue weighted by Gasteiger charge is 2.17. The SMILES string of the molecule is COC(=O)CCCN1CCCC[C@@H]1C. The fourth-order valence-electron chi connectivity index (χ4n) is 2.02. The highest BCUT2D eigenvalue weighted by Crippen LogP contribution is 2.16. The maximum absolute atomic E-state index is 10.9. The van der Waals surface area contributed by atoms with E-state index >= 15 is 0 Å². The Morgan fingerprint density at radius 1 is 1.50 bits per heavy atom. The first-order valence-corrected chi connectivity index (χ1v) is 5.55. The summed E-state index contributed by atoms with van der Waals surface area (Å²) >= 11 is 0. The van der Waals surface area contributed by atoms with Gasteiger partial charge < -0.3 is 9.64 Å². The number of hydrogen-bond acceptors (Lipinski definition) is 3. The third kappa shape index (κ3) is 3.66. The third-order valence-electron chi connectivity index (χ3n) is 2.99. The van der Waals surface area contributed by atoms with E-state index in [1.165, 1.54) is 32.9 Å². The molecule has 3 heteroatoms. The van der Waals surface area contributed by atoms with Crippen LogP contribution in [-0.2, 0) is 9.53 Å². The summed E-state index contributed by atoms with van der Waals surface area (Å²) in [6, 6.07) is 0.696. The average molecular weight is 199 g/mol. The summed E-state index contributed by atoms with van der Waals surface area (Å²) in [5.41, 5.74) is 0. The molecule has 1 rings (SSSR count). The lowest BCUT2D eigenvalue weighted by Gasteiger charge is -2.33. The number of methoxy groups -OCH3 is 1. The van der Waals surface area contributed by atoms with Crippen LogP contribution in [0.15, 0.2) is 0 Å². The molecule has 1 atom stereocenters. The van der Waals surface area contributed by atoms with E-state index in [0.717, 1.165) is 13.0 Å². The van der Waals surface area contributed by atoms with Crippen molar-refractivity contribution in [3.05, 3.63) is 0 Å². The molecule has 0 aromatic rings. The number of piperidine rings is 1. The predicted octanol–water partition coefficient (Wildman–Crippen LogP) is 1.81. The number of rotatable bonds is 4. The van der Waals surface area contributed by atoms with Crippen molar-refractivity contribution in [2.24, 2.45) is 0 Å². The first-order valence-electron chi connectivity index (χ1n) is 5.55. The minimum atomic E-state index is -0.0883. The Labute approximate surface area is 86.4 Å². The van der Waals surface area contributed by atoms with Gasteiger partial charge in [0.2, 0.25) is 0 Å². The van der Waals surface area contributed by atoms with Crippen molar-refractivity contribution in [2.75, 3.05) is 20.2 Å². The largest absolute Gasteiger partial charge is 0.469 e. The quantitative estimate of drug-likeness (QED) is 0.647. The molecule has 1 aliphatic heterocycles. The number of carbonyl (C=O) groups excluding carboxylic acids is 1. The second-order valence-corrected chi connectivity index (χ2v) is 4.06. The van der Waals surface area contributed by atoms with E-state index in [1.54, 1.807) is 0 Å². The molecule has 0 saturated carbocycles. The monoisotopic (exact) mass is 199 g/mol. The van der Waals surface area contributed by atoms with Crippen molar-refractivity contribution in [3.63, 3.8) is 0 Å². The Hall–Kier alpha value is -0.570. The smallest absolute Gasteiger partial charge is 0.305 e. The zero-order chi connectivity index (χ0) is 10.4. The first-order chi connectivity index (χ1) is 6.74. The normalized spacial score (nSPS) is 23.4. The van der Waals surface area contributed by atoms with Gasteiger partial charge in [0.15, 0.2) is 0 Å². The summed E-state index contributed by atoms with van der Waals surface area (Å²) in [6.07, 6.45) is 5.45. The molecule has 0 aromatic heterocycles. The van der Waals surface area contributed by atoms with Crippen LogP contribution in [0.5, 0.6) is 0 Å². The van der Waals surface area contributed by atoms with Gasteiger partial charge >= 0.3 is 5.97 Å². The van der Waals surface area contributed by atoms with E-state index in [9.17, 15) is 4.79 Å². The molecule has 0 aromatic carbocycles. The number of ether oxygens (including phenoxy) is 1. The van der Waals surface area contributed by atoms with Crippen molar-refractivity contribution in [2.45, 2.75) is 45.1 Å². The second kappa shape index (κ2) is 6.02. The van der Waals surface area contributed by atoms with E-state index in [-0.39, 0.29) is 5.97 Å². The number of carbonyl (C=O) groups is 1. The molecule has 0 N–H and O–H groups in total. The summed E-state index contributed by atoms with van der Waals surface area (Å²) in [5.74, 6) is -0.0883. The molecule has 0 aliphatic carbocycles. The summed E-state index contributed by atoms with van der Waals surface area (Å²) in [5, 5.41) is 0. The molecule has 1 heterocycles. The Bertz CT molecular complexity index is 182. The van der Waals surface area contributed by atoms with Crippen molar-refractivity contribution in [1.29, 1.82) is 0 Å². The zero-order valence-electron chi connectivity index (χ0n) is 9.29. The molecule has 0 bridgehead atoms. The minimum absolute atomic E-state index is 0.0883.